The quantitative estimate of drug-likeness (QED) is 0.748. The number of nitrogens with zero attached hydrogens (tertiary/aromatic N) is 3. The number of rotatable bonds is 6. The van der Waals surface area contributed by atoms with Gasteiger partial charge in [0.05, 0.1) is 5.71 Å². The molecule has 5 nitrogen and oxygen atoms in total. The van der Waals surface area contributed by atoms with Gasteiger partial charge in [0.15, 0.2) is 5.17 Å². The molecule has 1 aliphatic heterocycles. The lowest BCUT2D eigenvalue weighted by molar-refractivity contribution is -0.118. The lowest BCUT2D eigenvalue weighted by Gasteiger charge is -2.22. The number of carbonyl (C=O) groups excluding carboxylic acids is 1. The second-order valence-corrected chi connectivity index (χ2v) is 7.04. The number of amides is 1. The third-order valence-electron chi connectivity index (χ3n) is 3.65. The van der Waals surface area contributed by atoms with Gasteiger partial charge in [-0.2, -0.15) is 5.10 Å². The molecule has 138 valence electrons. The van der Waals surface area contributed by atoms with E-state index in [0.29, 0.717) is 0 Å². The van der Waals surface area contributed by atoms with E-state index in [1.54, 1.807) is 11.8 Å². The molecule has 25 heavy (non-hydrogen) atoms. The van der Waals surface area contributed by atoms with Crippen molar-refractivity contribution in [3.8, 4) is 0 Å². The maximum Gasteiger partial charge on any atom is 0.226 e. The number of unbranched alkanes of at least 4 members (excludes halogenated alkanes) is 1. The van der Waals surface area contributed by atoms with E-state index in [4.69, 9.17) is 0 Å². The fourth-order valence-corrected chi connectivity index (χ4v) is 3.03. The molecule has 0 aromatic heterocycles. The third kappa shape index (κ3) is 6.36. The second kappa shape index (κ2) is 10.5. The summed E-state index contributed by atoms with van der Waals surface area (Å²) in [5.74, 6) is 0.816. The van der Waals surface area contributed by atoms with Crippen molar-refractivity contribution in [3.63, 3.8) is 0 Å². The zero-order valence-corrected chi connectivity index (χ0v) is 16.9. The van der Waals surface area contributed by atoms with Crippen molar-refractivity contribution in [2.24, 2.45) is 16.0 Å². The summed E-state index contributed by atoms with van der Waals surface area (Å²) in [6, 6.07) is 7.85. The largest absolute Gasteiger partial charge is 0.326 e. The second-order valence-electron chi connectivity index (χ2n) is 6.10. The third-order valence-corrected chi connectivity index (χ3v) is 4.72. The van der Waals surface area contributed by atoms with Crippen molar-refractivity contribution in [1.29, 1.82) is 0 Å². The minimum atomic E-state index is -0.0251. The van der Waals surface area contributed by atoms with Crippen LogP contribution in [0.3, 0.4) is 0 Å². The van der Waals surface area contributed by atoms with Gasteiger partial charge >= 0.3 is 0 Å². The van der Waals surface area contributed by atoms with Crippen molar-refractivity contribution in [2.45, 2.75) is 33.6 Å². The molecule has 1 aromatic carbocycles. The van der Waals surface area contributed by atoms with Crippen LogP contribution < -0.4 is 5.32 Å². The number of anilines is 1. The predicted molar refractivity (Wildman–Crippen MR) is 111 cm³/mol. The van der Waals surface area contributed by atoms with E-state index in [0.717, 1.165) is 47.3 Å². The summed E-state index contributed by atoms with van der Waals surface area (Å²) in [5, 5.41) is 10.4. The average molecular weight is 383 g/mol. The number of hydrogen-bond donors (Lipinski definition) is 1. The molecule has 1 amide bonds. The molecule has 0 aliphatic carbocycles. The van der Waals surface area contributed by atoms with Crippen molar-refractivity contribution in [2.75, 3.05) is 24.7 Å². The van der Waals surface area contributed by atoms with Crippen LogP contribution >= 0.6 is 24.2 Å². The van der Waals surface area contributed by atoms with Crippen LogP contribution in [0.1, 0.15) is 39.2 Å². The smallest absolute Gasteiger partial charge is 0.226 e. The summed E-state index contributed by atoms with van der Waals surface area (Å²) in [7, 11) is 1.94. The summed E-state index contributed by atoms with van der Waals surface area (Å²) in [6.07, 6.45) is 2.26. The standard InChI is InChI=1S/C18H26N4OS.ClH/c1-5-6-11-19-18-22(4)21-16(12-24-18)14-7-9-15(10-8-14)20-17(23)13(2)3;/h7-10,13H,5-6,11-12H2,1-4H3,(H,20,23);1H. The molecule has 0 fully saturated rings. The van der Waals surface area contributed by atoms with E-state index in [1.165, 1.54) is 0 Å². The van der Waals surface area contributed by atoms with Gasteiger partial charge in [-0.15, -0.1) is 12.4 Å². The Kier molecular flexibility index (Phi) is 9.00. The van der Waals surface area contributed by atoms with Crippen LogP contribution in [0.2, 0.25) is 0 Å². The zero-order chi connectivity index (χ0) is 17.5. The highest BCUT2D eigenvalue weighted by atomic mass is 35.5. The van der Waals surface area contributed by atoms with Crippen LogP contribution in [-0.4, -0.2) is 41.1 Å². The Hall–Kier alpha value is -1.53. The summed E-state index contributed by atoms with van der Waals surface area (Å²) >= 11 is 1.72. The monoisotopic (exact) mass is 382 g/mol. The van der Waals surface area contributed by atoms with Crippen molar-refractivity contribution in [3.05, 3.63) is 29.8 Å². The number of hydrazone groups is 1. The zero-order valence-electron chi connectivity index (χ0n) is 15.3. The number of amidine groups is 1. The van der Waals surface area contributed by atoms with E-state index in [2.05, 4.69) is 22.3 Å². The Labute approximate surface area is 160 Å². The van der Waals surface area contributed by atoms with Gasteiger partial charge < -0.3 is 5.32 Å². The highest BCUT2D eigenvalue weighted by Gasteiger charge is 2.17. The topological polar surface area (TPSA) is 57.1 Å². The van der Waals surface area contributed by atoms with Gasteiger partial charge in [0, 0.05) is 31.0 Å². The Morgan fingerprint density at radius 2 is 2.04 bits per heavy atom. The lowest BCUT2D eigenvalue weighted by atomic mass is 10.1. The Bertz CT molecular complexity index is 628. The number of benzene rings is 1. The fourth-order valence-electron chi connectivity index (χ4n) is 2.13. The molecular weight excluding hydrogens is 356 g/mol. The van der Waals surface area contributed by atoms with Crippen molar-refractivity contribution < 1.29 is 4.79 Å². The SMILES string of the molecule is CCCCN=C1SCC(c2ccc(NC(=O)C(C)C)cc2)=NN1C.Cl. The number of nitrogens with one attached hydrogen (secondary N) is 1. The molecule has 7 heteroatoms. The van der Waals surface area contributed by atoms with E-state index in [1.807, 2.05) is 50.2 Å². The molecule has 1 N–H and O–H groups in total. The first-order valence-electron chi connectivity index (χ1n) is 8.41. The molecule has 0 unspecified atom stereocenters. The van der Waals surface area contributed by atoms with Gasteiger partial charge in [-0.25, -0.2) is 5.01 Å². The molecule has 0 radical (unpaired) electrons. The average Bonchev–Trinajstić information content (AvgIpc) is 2.57. The number of halogens is 1. The molecule has 0 atom stereocenters. The molecule has 0 bridgehead atoms. The summed E-state index contributed by atoms with van der Waals surface area (Å²) in [4.78, 5) is 16.3. The van der Waals surface area contributed by atoms with E-state index < -0.39 is 0 Å². The van der Waals surface area contributed by atoms with Gasteiger partial charge in [0.2, 0.25) is 5.91 Å². The molecule has 2 rings (SSSR count). The van der Waals surface area contributed by atoms with Crippen molar-refractivity contribution >= 4 is 46.6 Å². The van der Waals surface area contributed by atoms with Gasteiger partial charge in [0.25, 0.3) is 0 Å². The van der Waals surface area contributed by atoms with Gasteiger partial charge in [-0.3, -0.25) is 9.79 Å². The predicted octanol–water partition coefficient (Wildman–Crippen LogP) is 4.24. The molecule has 1 heterocycles. The summed E-state index contributed by atoms with van der Waals surface area (Å²) in [5.41, 5.74) is 2.92. The van der Waals surface area contributed by atoms with Gasteiger partial charge in [-0.1, -0.05) is 51.1 Å². The first kappa shape index (κ1) is 21.5. The maximum absolute atomic E-state index is 11.7. The van der Waals surface area contributed by atoms with Crippen LogP contribution in [0.4, 0.5) is 5.69 Å². The molecule has 0 saturated heterocycles. The Balaban J connectivity index is 0.00000312. The summed E-state index contributed by atoms with van der Waals surface area (Å²) in [6.45, 7) is 6.79. The van der Waals surface area contributed by atoms with Gasteiger partial charge in [-0.05, 0) is 24.1 Å². The van der Waals surface area contributed by atoms with Crippen LogP contribution in [-0.2, 0) is 4.79 Å². The fraction of sp³-hybridized carbons (Fsp3) is 0.500. The minimum absolute atomic E-state index is 0. The van der Waals surface area contributed by atoms with Crippen LogP contribution in [0.15, 0.2) is 34.4 Å². The van der Waals surface area contributed by atoms with Crippen LogP contribution in [0.5, 0.6) is 0 Å². The highest BCUT2D eigenvalue weighted by Crippen LogP contribution is 2.20. The Morgan fingerprint density at radius 1 is 1.36 bits per heavy atom. The van der Waals surface area contributed by atoms with Crippen LogP contribution in [0.25, 0.3) is 0 Å². The molecular formula is C18H27ClN4OS. The van der Waals surface area contributed by atoms with Crippen LogP contribution in [0, 0.1) is 5.92 Å². The molecule has 1 aliphatic rings. The molecule has 0 saturated carbocycles. The number of hydrogen-bond acceptors (Lipinski definition) is 4. The Morgan fingerprint density at radius 3 is 2.60 bits per heavy atom. The van der Waals surface area contributed by atoms with Crippen molar-refractivity contribution in [1.82, 2.24) is 5.01 Å². The lowest BCUT2D eigenvalue weighted by Crippen LogP contribution is -2.28. The van der Waals surface area contributed by atoms with Gasteiger partial charge in [0.1, 0.15) is 0 Å². The summed E-state index contributed by atoms with van der Waals surface area (Å²) < 4.78 is 0. The number of aliphatic imine (C=N–C) groups is 1. The number of carbonyl (C=O) groups is 1. The maximum atomic E-state index is 11.7. The first-order valence-corrected chi connectivity index (χ1v) is 9.39. The van der Waals surface area contributed by atoms with E-state index in [9.17, 15) is 4.79 Å². The minimum Gasteiger partial charge on any atom is -0.326 e. The first-order chi connectivity index (χ1) is 11.5. The molecule has 0 spiro atoms. The number of thioether (sulfide) groups is 1. The van der Waals surface area contributed by atoms with E-state index >= 15 is 0 Å². The molecule has 1 aromatic rings. The normalized spacial score (nSPS) is 15.8. The highest BCUT2D eigenvalue weighted by molar-refractivity contribution is 8.14. The van der Waals surface area contributed by atoms with E-state index in [-0.39, 0.29) is 24.2 Å².